The first kappa shape index (κ1) is 15.6. The molecule has 2 unspecified atom stereocenters. The van der Waals surface area contributed by atoms with Gasteiger partial charge in [-0.3, -0.25) is 0 Å². The quantitative estimate of drug-likeness (QED) is 0.844. The van der Waals surface area contributed by atoms with Crippen LogP contribution in [0.5, 0.6) is 0 Å². The lowest BCUT2D eigenvalue weighted by Gasteiger charge is -2.39. The van der Waals surface area contributed by atoms with E-state index in [2.05, 4.69) is 46.8 Å². The minimum Gasteiger partial charge on any atom is -0.390 e. The van der Waals surface area contributed by atoms with Gasteiger partial charge in [-0.1, -0.05) is 38.0 Å². The largest absolute Gasteiger partial charge is 0.390 e. The third-order valence-corrected chi connectivity index (χ3v) is 5.15. The van der Waals surface area contributed by atoms with Gasteiger partial charge in [-0.15, -0.1) is 0 Å². The van der Waals surface area contributed by atoms with Crippen LogP contribution in [0.15, 0.2) is 12.1 Å². The molecule has 0 saturated heterocycles. The number of benzene rings is 1. The molecule has 1 aliphatic carbocycles. The first-order valence-electron chi connectivity index (χ1n) is 8.10. The molecule has 0 amide bonds. The van der Waals surface area contributed by atoms with Crippen LogP contribution in [0.25, 0.3) is 0 Å². The Balaban J connectivity index is 2.20. The van der Waals surface area contributed by atoms with E-state index in [1.54, 1.807) is 0 Å². The van der Waals surface area contributed by atoms with Crippen LogP contribution in [0.4, 0.5) is 0 Å². The molecule has 2 atom stereocenters. The van der Waals surface area contributed by atoms with Crippen molar-refractivity contribution < 1.29 is 5.11 Å². The van der Waals surface area contributed by atoms with Crippen molar-refractivity contribution in [2.75, 3.05) is 0 Å². The summed E-state index contributed by atoms with van der Waals surface area (Å²) in [6.07, 6.45) is 5.21. The normalized spacial score (nSPS) is 27.1. The fourth-order valence-electron chi connectivity index (χ4n) is 3.93. The molecule has 1 heteroatoms. The highest BCUT2D eigenvalue weighted by molar-refractivity contribution is 5.38. The van der Waals surface area contributed by atoms with Crippen LogP contribution in [0.3, 0.4) is 0 Å². The summed E-state index contributed by atoms with van der Waals surface area (Å²) in [5, 5.41) is 11.1. The molecule has 0 spiro atoms. The van der Waals surface area contributed by atoms with E-state index in [0.717, 1.165) is 19.3 Å². The molecule has 0 aromatic heterocycles. The molecule has 0 radical (unpaired) electrons. The van der Waals surface area contributed by atoms with Crippen molar-refractivity contribution in [1.29, 1.82) is 0 Å². The molecule has 1 nitrogen and oxygen atoms in total. The molecule has 112 valence electrons. The Hall–Kier alpha value is -0.820. The predicted octanol–water partition coefficient (Wildman–Crippen LogP) is 4.73. The van der Waals surface area contributed by atoms with E-state index in [9.17, 15) is 5.11 Å². The van der Waals surface area contributed by atoms with Crippen LogP contribution >= 0.6 is 0 Å². The van der Waals surface area contributed by atoms with Gasteiger partial charge in [0.15, 0.2) is 0 Å². The Labute approximate surface area is 124 Å². The van der Waals surface area contributed by atoms with E-state index in [-0.39, 0.29) is 0 Å². The van der Waals surface area contributed by atoms with Crippen LogP contribution < -0.4 is 0 Å². The summed E-state index contributed by atoms with van der Waals surface area (Å²) in [4.78, 5) is 0. The minimum absolute atomic E-state index is 0.488. The highest BCUT2D eigenvalue weighted by Crippen LogP contribution is 2.39. The van der Waals surface area contributed by atoms with Crippen molar-refractivity contribution in [3.8, 4) is 0 Å². The van der Waals surface area contributed by atoms with E-state index >= 15 is 0 Å². The number of aryl methyl sites for hydroxylation is 3. The zero-order valence-electron chi connectivity index (χ0n) is 13.8. The first-order valence-corrected chi connectivity index (χ1v) is 8.10. The number of aliphatic hydroxyl groups is 1. The van der Waals surface area contributed by atoms with Gasteiger partial charge in [-0.2, -0.15) is 0 Å². The van der Waals surface area contributed by atoms with E-state index < -0.39 is 5.60 Å². The van der Waals surface area contributed by atoms with Crippen LogP contribution in [0.1, 0.15) is 61.8 Å². The van der Waals surface area contributed by atoms with Gasteiger partial charge in [0.05, 0.1) is 5.60 Å². The number of rotatable bonds is 3. The average Bonchev–Trinajstić information content (AvgIpc) is 2.34. The predicted molar refractivity (Wildman–Crippen MR) is 86.1 cm³/mol. The fraction of sp³-hybridized carbons (Fsp3) is 0.684. The van der Waals surface area contributed by atoms with E-state index in [0.29, 0.717) is 11.8 Å². The average molecular weight is 274 g/mol. The lowest BCUT2D eigenvalue weighted by molar-refractivity contribution is -0.0241. The third-order valence-electron chi connectivity index (χ3n) is 5.15. The smallest absolute Gasteiger partial charge is 0.0690 e. The summed E-state index contributed by atoms with van der Waals surface area (Å²) in [5.74, 6) is 1.36. The fourth-order valence-corrected chi connectivity index (χ4v) is 3.93. The van der Waals surface area contributed by atoms with Crippen LogP contribution in [-0.2, 0) is 6.42 Å². The maximum Gasteiger partial charge on any atom is 0.0690 e. The Kier molecular flexibility index (Phi) is 4.59. The lowest BCUT2D eigenvalue weighted by atomic mass is 9.71. The molecule has 1 aromatic carbocycles. The standard InChI is InChI=1S/C19H30O/c1-13(2)17-7-6-8-19(20,11-17)12-18-15(4)9-14(3)10-16(18)5/h9-10,13,17,20H,6-8,11-12H2,1-5H3. The van der Waals surface area contributed by atoms with E-state index in [4.69, 9.17) is 0 Å². The van der Waals surface area contributed by atoms with Gasteiger partial charge in [0, 0.05) is 6.42 Å². The SMILES string of the molecule is Cc1cc(C)c(CC2(O)CCCC(C(C)C)C2)c(C)c1. The topological polar surface area (TPSA) is 20.2 Å². The first-order chi connectivity index (χ1) is 9.31. The van der Waals surface area contributed by atoms with Gasteiger partial charge in [-0.25, -0.2) is 0 Å². The zero-order valence-corrected chi connectivity index (χ0v) is 13.8. The summed E-state index contributed by atoms with van der Waals surface area (Å²) >= 11 is 0. The van der Waals surface area contributed by atoms with Crippen molar-refractivity contribution >= 4 is 0 Å². The second kappa shape index (κ2) is 5.89. The van der Waals surface area contributed by atoms with Crippen molar-refractivity contribution in [2.45, 2.75) is 72.3 Å². The van der Waals surface area contributed by atoms with Crippen molar-refractivity contribution in [2.24, 2.45) is 11.8 Å². The van der Waals surface area contributed by atoms with Gasteiger partial charge >= 0.3 is 0 Å². The maximum atomic E-state index is 11.1. The number of hydrogen-bond donors (Lipinski definition) is 1. The molecule has 2 rings (SSSR count). The second-order valence-corrected chi connectivity index (χ2v) is 7.38. The molecule has 1 fully saturated rings. The minimum atomic E-state index is -0.488. The summed E-state index contributed by atoms with van der Waals surface area (Å²) < 4.78 is 0. The van der Waals surface area contributed by atoms with Crippen LogP contribution in [0.2, 0.25) is 0 Å². The van der Waals surface area contributed by atoms with Crippen molar-refractivity contribution in [1.82, 2.24) is 0 Å². The van der Waals surface area contributed by atoms with Crippen molar-refractivity contribution in [3.05, 3.63) is 34.4 Å². The molecule has 20 heavy (non-hydrogen) atoms. The lowest BCUT2D eigenvalue weighted by Crippen LogP contribution is -2.39. The van der Waals surface area contributed by atoms with Gasteiger partial charge < -0.3 is 5.11 Å². The molecule has 0 heterocycles. The number of hydrogen-bond acceptors (Lipinski definition) is 1. The molecular weight excluding hydrogens is 244 g/mol. The van der Waals surface area contributed by atoms with Crippen LogP contribution in [0, 0.1) is 32.6 Å². The maximum absolute atomic E-state index is 11.1. The monoisotopic (exact) mass is 274 g/mol. The molecular formula is C19H30O. The molecule has 0 aliphatic heterocycles. The van der Waals surface area contributed by atoms with Crippen LogP contribution in [-0.4, -0.2) is 10.7 Å². The van der Waals surface area contributed by atoms with Gasteiger partial charge in [0.1, 0.15) is 0 Å². The highest BCUT2D eigenvalue weighted by Gasteiger charge is 2.36. The van der Waals surface area contributed by atoms with Gasteiger partial charge in [0.2, 0.25) is 0 Å². The van der Waals surface area contributed by atoms with E-state index in [1.165, 1.54) is 35.1 Å². The second-order valence-electron chi connectivity index (χ2n) is 7.38. The Morgan fingerprint density at radius 2 is 1.80 bits per heavy atom. The summed E-state index contributed by atoms with van der Waals surface area (Å²) in [6, 6.07) is 4.49. The van der Waals surface area contributed by atoms with Gasteiger partial charge in [-0.05, 0) is 68.6 Å². The zero-order chi connectivity index (χ0) is 14.9. The van der Waals surface area contributed by atoms with Gasteiger partial charge in [0.25, 0.3) is 0 Å². The Bertz CT molecular complexity index is 452. The van der Waals surface area contributed by atoms with Crippen molar-refractivity contribution in [3.63, 3.8) is 0 Å². The summed E-state index contributed by atoms with van der Waals surface area (Å²) in [5.41, 5.74) is 4.87. The molecule has 0 bridgehead atoms. The molecule has 1 saturated carbocycles. The summed E-state index contributed by atoms with van der Waals surface area (Å²) in [6.45, 7) is 11.1. The Morgan fingerprint density at radius 3 is 2.35 bits per heavy atom. The summed E-state index contributed by atoms with van der Waals surface area (Å²) in [7, 11) is 0. The molecule has 1 N–H and O–H groups in total. The molecule has 1 aliphatic rings. The third kappa shape index (κ3) is 3.44. The highest BCUT2D eigenvalue weighted by atomic mass is 16.3. The van der Waals surface area contributed by atoms with E-state index in [1.807, 2.05) is 0 Å². The Morgan fingerprint density at radius 1 is 1.20 bits per heavy atom. The molecule has 1 aromatic rings.